The molecule has 0 aliphatic heterocycles. The van der Waals surface area contributed by atoms with Crippen molar-refractivity contribution in [3.63, 3.8) is 0 Å². The Hall–Kier alpha value is -1.10. The van der Waals surface area contributed by atoms with Crippen LogP contribution < -0.4 is 11.5 Å². The molecule has 0 saturated heterocycles. The number of nitrogens with two attached hydrogens (primary N) is 2. The maximum atomic E-state index is 5.85. The fourth-order valence-electron chi connectivity index (χ4n) is 1.24. The van der Waals surface area contributed by atoms with Crippen LogP contribution in [-0.2, 0) is 6.42 Å². The predicted octanol–water partition coefficient (Wildman–Crippen LogP) is -0.0684. The van der Waals surface area contributed by atoms with Gasteiger partial charge in [0.2, 0.25) is 5.89 Å². The first kappa shape index (κ1) is 7.54. The van der Waals surface area contributed by atoms with Crippen molar-refractivity contribution in [2.24, 2.45) is 11.7 Å². The van der Waals surface area contributed by atoms with Crippen molar-refractivity contribution in [1.82, 2.24) is 10.1 Å². The number of anilines is 1. The minimum atomic E-state index is 0.157. The van der Waals surface area contributed by atoms with Gasteiger partial charge in [-0.1, -0.05) is 0 Å². The summed E-state index contributed by atoms with van der Waals surface area (Å²) in [6.45, 7) is 0. The summed E-state index contributed by atoms with van der Waals surface area (Å²) in [5.41, 5.74) is 11.1. The Bertz CT molecular complexity index is 268. The molecule has 1 atom stereocenters. The van der Waals surface area contributed by atoms with Crippen LogP contribution in [0.25, 0.3) is 0 Å². The SMILES string of the molecule is Nc1noc(CC(N)C2CC2)n1. The van der Waals surface area contributed by atoms with Gasteiger partial charge < -0.3 is 16.0 Å². The summed E-state index contributed by atoms with van der Waals surface area (Å²) in [5, 5.41) is 3.49. The highest BCUT2D eigenvalue weighted by molar-refractivity contribution is 5.11. The third-order valence-corrected chi connectivity index (χ3v) is 2.12. The lowest BCUT2D eigenvalue weighted by Gasteiger charge is -2.04. The van der Waals surface area contributed by atoms with E-state index in [1.807, 2.05) is 0 Å². The highest BCUT2D eigenvalue weighted by atomic mass is 16.5. The second-order valence-electron chi connectivity index (χ2n) is 3.25. The molecule has 1 heterocycles. The largest absolute Gasteiger partial charge is 0.365 e. The number of nitrogens with zero attached hydrogens (tertiary/aromatic N) is 2. The molecule has 0 spiro atoms. The molecule has 4 N–H and O–H groups in total. The van der Waals surface area contributed by atoms with Crippen molar-refractivity contribution in [1.29, 1.82) is 0 Å². The van der Waals surface area contributed by atoms with Crippen molar-refractivity contribution in [3.8, 4) is 0 Å². The van der Waals surface area contributed by atoms with E-state index in [9.17, 15) is 0 Å². The quantitative estimate of drug-likeness (QED) is 0.659. The summed E-state index contributed by atoms with van der Waals surface area (Å²) < 4.78 is 4.85. The maximum absolute atomic E-state index is 5.85. The Kier molecular flexibility index (Phi) is 1.73. The van der Waals surface area contributed by atoms with Gasteiger partial charge in [-0.25, -0.2) is 0 Å². The number of aromatic nitrogens is 2. The lowest BCUT2D eigenvalue weighted by Crippen LogP contribution is -2.25. The highest BCUT2D eigenvalue weighted by Crippen LogP contribution is 2.32. The van der Waals surface area contributed by atoms with Crippen molar-refractivity contribution >= 4 is 5.95 Å². The van der Waals surface area contributed by atoms with Gasteiger partial charge in [0.05, 0.1) is 0 Å². The van der Waals surface area contributed by atoms with E-state index in [4.69, 9.17) is 16.0 Å². The number of hydrogen-bond donors (Lipinski definition) is 2. The van der Waals surface area contributed by atoms with Crippen LogP contribution >= 0.6 is 0 Å². The Labute approximate surface area is 70.1 Å². The zero-order valence-electron chi connectivity index (χ0n) is 6.73. The first-order chi connectivity index (χ1) is 5.75. The van der Waals surface area contributed by atoms with Crippen molar-refractivity contribution in [3.05, 3.63) is 5.89 Å². The number of nitrogen functional groups attached to an aromatic ring is 1. The second-order valence-corrected chi connectivity index (χ2v) is 3.25. The standard InChI is InChI=1S/C7H12N4O/c8-5(4-1-2-4)3-6-10-7(9)11-12-6/h4-5H,1-3,8H2,(H2,9,11). The van der Waals surface area contributed by atoms with E-state index in [2.05, 4.69) is 10.1 Å². The average Bonchev–Trinajstić information content (AvgIpc) is 2.78. The van der Waals surface area contributed by atoms with E-state index in [-0.39, 0.29) is 12.0 Å². The summed E-state index contributed by atoms with van der Waals surface area (Å²) in [6.07, 6.45) is 3.10. The lowest BCUT2D eigenvalue weighted by molar-refractivity contribution is 0.364. The Morgan fingerprint density at radius 1 is 1.58 bits per heavy atom. The normalized spacial score (nSPS) is 19.4. The molecule has 0 aromatic carbocycles. The molecule has 0 bridgehead atoms. The lowest BCUT2D eigenvalue weighted by atomic mass is 10.1. The van der Waals surface area contributed by atoms with Gasteiger partial charge in [0.1, 0.15) is 0 Å². The van der Waals surface area contributed by atoms with Gasteiger partial charge in [0.25, 0.3) is 5.95 Å². The van der Waals surface area contributed by atoms with Gasteiger partial charge in [0.15, 0.2) is 0 Å². The summed E-state index contributed by atoms with van der Waals surface area (Å²) in [5.74, 6) is 1.39. The fraction of sp³-hybridized carbons (Fsp3) is 0.714. The average molecular weight is 168 g/mol. The van der Waals surface area contributed by atoms with Crippen molar-refractivity contribution in [2.45, 2.75) is 25.3 Å². The second kappa shape index (κ2) is 2.75. The van der Waals surface area contributed by atoms with Crippen LogP contribution in [0.5, 0.6) is 0 Å². The van der Waals surface area contributed by atoms with Gasteiger partial charge in [0, 0.05) is 12.5 Å². The van der Waals surface area contributed by atoms with E-state index in [1.165, 1.54) is 12.8 Å². The van der Waals surface area contributed by atoms with Gasteiger partial charge >= 0.3 is 0 Å². The zero-order chi connectivity index (χ0) is 8.55. The molecular weight excluding hydrogens is 156 g/mol. The molecule has 66 valence electrons. The molecule has 1 saturated carbocycles. The molecule has 2 rings (SSSR count). The molecule has 0 radical (unpaired) electrons. The molecule has 1 unspecified atom stereocenters. The van der Waals surface area contributed by atoms with E-state index in [0.717, 1.165) is 0 Å². The molecule has 1 aliphatic carbocycles. The van der Waals surface area contributed by atoms with E-state index < -0.39 is 0 Å². The monoisotopic (exact) mass is 168 g/mol. The molecule has 1 fully saturated rings. The molecule has 5 heteroatoms. The van der Waals surface area contributed by atoms with Crippen LogP contribution in [0.1, 0.15) is 18.7 Å². The van der Waals surface area contributed by atoms with Crippen LogP contribution in [0.4, 0.5) is 5.95 Å². The van der Waals surface area contributed by atoms with Crippen molar-refractivity contribution < 1.29 is 4.52 Å². The molecule has 1 aromatic heterocycles. The Morgan fingerprint density at radius 3 is 2.83 bits per heavy atom. The molecule has 1 aromatic rings. The molecular formula is C7H12N4O. The summed E-state index contributed by atoms with van der Waals surface area (Å²) in [6, 6.07) is 0.157. The molecule has 5 nitrogen and oxygen atoms in total. The van der Waals surface area contributed by atoms with Gasteiger partial charge in [-0.15, -0.1) is 0 Å². The smallest absolute Gasteiger partial charge is 0.260 e. The topological polar surface area (TPSA) is 91.0 Å². The number of rotatable bonds is 3. The van der Waals surface area contributed by atoms with E-state index in [0.29, 0.717) is 18.2 Å². The van der Waals surface area contributed by atoms with Crippen LogP contribution in [0.2, 0.25) is 0 Å². The van der Waals surface area contributed by atoms with Gasteiger partial charge in [-0.2, -0.15) is 4.98 Å². The Balaban J connectivity index is 1.93. The first-order valence-electron chi connectivity index (χ1n) is 4.09. The number of hydrogen-bond acceptors (Lipinski definition) is 5. The fourth-order valence-corrected chi connectivity index (χ4v) is 1.24. The minimum Gasteiger partial charge on any atom is -0.365 e. The summed E-state index contributed by atoms with van der Waals surface area (Å²) >= 11 is 0. The van der Waals surface area contributed by atoms with Gasteiger partial charge in [-0.05, 0) is 23.9 Å². The first-order valence-corrected chi connectivity index (χ1v) is 4.09. The predicted molar refractivity (Wildman–Crippen MR) is 43.1 cm³/mol. The van der Waals surface area contributed by atoms with Crippen LogP contribution in [0.15, 0.2) is 4.52 Å². The van der Waals surface area contributed by atoms with Crippen LogP contribution in [0.3, 0.4) is 0 Å². The highest BCUT2D eigenvalue weighted by Gasteiger charge is 2.29. The van der Waals surface area contributed by atoms with Gasteiger partial charge in [-0.3, -0.25) is 0 Å². The molecule has 0 amide bonds. The van der Waals surface area contributed by atoms with E-state index >= 15 is 0 Å². The van der Waals surface area contributed by atoms with E-state index in [1.54, 1.807) is 0 Å². The third kappa shape index (κ3) is 1.55. The maximum Gasteiger partial charge on any atom is 0.260 e. The van der Waals surface area contributed by atoms with Crippen LogP contribution in [0, 0.1) is 5.92 Å². The zero-order valence-corrected chi connectivity index (χ0v) is 6.73. The molecule has 1 aliphatic rings. The van der Waals surface area contributed by atoms with Crippen molar-refractivity contribution in [2.75, 3.05) is 5.73 Å². The molecule has 12 heavy (non-hydrogen) atoms. The summed E-state index contributed by atoms with van der Waals surface area (Å²) in [7, 11) is 0. The van der Waals surface area contributed by atoms with Crippen LogP contribution in [-0.4, -0.2) is 16.2 Å². The third-order valence-electron chi connectivity index (χ3n) is 2.12. The Morgan fingerprint density at radius 2 is 2.33 bits per heavy atom. The summed E-state index contributed by atoms with van der Waals surface area (Å²) in [4.78, 5) is 3.88. The minimum absolute atomic E-state index is 0.157.